The third-order valence-corrected chi connectivity index (χ3v) is 8.50. The number of benzene rings is 3. The summed E-state index contributed by atoms with van der Waals surface area (Å²) in [4.78, 5) is 18.0. The van der Waals surface area contributed by atoms with Crippen molar-refractivity contribution in [1.29, 1.82) is 0 Å². The molecule has 0 saturated heterocycles. The van der Waals surface area contributed by atoms with Gasteiger partial charge in [0.1, 0.15) is 0 Å². The van der Waals surface area contributed by atoms with E-state index in [4.69, 9.17) is 21.1 Å². The van der Waals surface area contributed by atoms with Crippen LogP contribution in [-0.2, 0) is 11.2 Å². The van der Waals surface area contributed by atoms with Gasteiger partial charge in [-0.3, -0.25) is 4.79 Å². The number of rotatable bonds is 9. The summed E-state index contributed by atoms with van der Waals surface area (Å²) in [6.45, 7) is 5.22. The van der Waals surface area contributed by atoms with Crippen LogP contribution in [0.15, 0.2) is 60.7 Å². The molecule has 1 fully saturated rings. The maximum absolute atomic E-state index is 13.8. The lowest BCUT2D eigenvalue weighted by Crippen LogP contribution is -2.41. The number of carbonyl (C=O) groups is 1. The minimum atomic E-state index is -0.314. The maximum Gasteiger partial charge on any atom is 0.232 e. The Morgan fingerprint density at radius 1 is 1.03 bits per heavy atom. The number of fused-ring (bicyclic) bond motifs is 1. The van der Waals surface area contributed by atoms with E-state index in [0.29, 0.717) is 22.9 Å². The van der Waals surface area contributed by atoms with Gasteiger partial charge >= 0.3 is 0 Å². The highest BCUT2D eigenvalue weighted by Crippen LogP contribution is 2.44. The van der Waals surface area contributed by atoms with Gasteiger partial charge < -0.3 is 19.3 Å². The highest BCUT2D eigenvalue weighted by molar-refractivity contribution is 6.30. The van der Waals surface area contributed by atoms with Crippen LogP contribution in [0.5, 0.6) is 11.5 Å². The summed E-state index contributed by atoms with van der Waals surface area (Å²) in [6.07, 6.45) is 6.55. The first-order valence-corrected chi connectivity index (χ1v) is 14.5. The lowest BCUT2D eigenvalue weighted by Gasteiger charge is -2.38. The largest absolute Gasteiger partial charge is 0.493 e. The van der Waals surface area contributed by atoms with E-state index in [9.17, 15) is 4.79 Å². The molecule has 206 valence electrons. The first kappa shape index (κ1) is 27.4. The van der Waals surface area contributed by atoms with Crippen LogP contribution >= 0.6 is 11.6 Å². The van der Waals surface area contributed by atoms with E-state index in [1.165, 1.54) is 31.4 Å². The molecule has 1 heterocycles. The van der Waals surface area contributed by atoms with Gasteiger partial charge in [0.15, 0.2) is 11.5 Å². The van der Waals surface area contributed by atoms with Gasteiger partial charge in [-0.2, -0.15) is 0 Å². The van der Waals surface area contributed by atoms with Gasteiger partial charge in [-0.15, -0.1) is 0 Å². The Labute approximate surface area is 237 Å². The van der Waals surface area contributed by atoms with Crippen molar-refractivity contribution in [2.45, 2.75) is 64.5 Å². The first-order valence-electron chi connectivity index (χ1n) is 14.1. The molecule has 1 aliphatic carbocycles. The number of hydrogen-bond donors (Lipinski definition) is 0. The normalized spacial score (nSPS) is 18.1. The van der Waals surface area contributed by atoms with Crippen molar-refractivity contribution in [3.05, 3.63) is 82.4 Å². The zero-order valence-electron chi connectivity index (χ0n) is 23.5. The highest BCUT2D eigenvalue weighted by atomic mass is 35.5. The number of halogens is 1. The fourth-order valence-electron chi connectivity index (χ4n) is 5.93. The molecule has 5 nitrogen and oxygen atoms in total. The van der Waals surface area contributed by atoms with Crippen molar-refractivity contribution in [2.24, 2.45) is 5.92 Å². The number of anilines is 2. The number of ether oxygens (including phenoxy) is 2. The van der Waals surface area contributed by atoms with Crippen molar-refractivity contribution < 1.29 is 14.3 Å². The summed E-state index contributed by atoms with van der Waals surface area (Å²) in [7, 11) is 3.81. The van der Waals surface area contributed by atoms with Gasteiger partial charge in [0.25, 0.3) is 0 Å². The van der Waals surface area contributed by atoms with Crippen LogP contribution < -0.4 is 19.3 Å². The number of hydrogen-bond acceptors (Lipinski definition) is 4. The Kier molecular flexibility index (Phi) is 8.37. The SMILES string of the molecule is CC[C@@H](C)Oc1cc2c(cc1OC)CC(=O)N(c1ccc(N(C)CC3CCCC3)cc1)C2c1ccc(Cl)cc1. The van der Waals surface area contributed by atoms with Crippen molar-refractivity contribution in [3.63, 3.8) is 0 Å². The maximum atomic E-state index is 13.8. The second-order valence-corrected chi connectivity index (χ2v) is 11.4. The van der Waals surface area contributed by atoms with Gasteiger partial charge in [0.05, 0.1) is 25.7 Å². The molecule has 1 saturated carbocycles. The van der Waals surface area contributed by atoms with E-state index >= 15 is 0 Å². The standard InChI is InChI=1S/C33H39ClN2O3/c1-5-22(2)39-31-20-29-25(18-30(31)38-4)19-32(37)36(33(29)24-10-12-26(34)13-11-24)28-16-14-27(15-17-28)35(3)21-23-8-6-7-9-23/h10-18,20,22-23,33H,5-9,19,21H2,1-4H3/t22-,33?/m1/s1. The minimum absolute atomic E-state index is 0.0426. The van der Waals surface area contributed by atoms with E-state index in [0.717, 1.165) is 41.3 Å². The second kappa shape index (κ2) is 11.9. The third-order valence-electron chi connectivity index (χ3n) is 8.25. The predicted octanol–water partition coefficient (Wildman–Crippen LogP) is 7.83. The summed E-state index contributed by atoms with van der Waals surface area (Å²) >= 11 is 6.26. The molecule has 1 aliphatic heterocycles. The quantitative estimate of drug-likeness (QED) is 0.274. The molecule has 6 heteroatoms. The Morgan fingerprint density at radius 2 is 1.72 bits per heavy atom. The number of methoxy groups -OCH3 is 1. The molecule has 0 N–H and O–H groups in total. The predicted molar refractivity (Wildman–Crippen MR) is 160 cm³/mol. The second-order valence-electron chi connectivity index (χ2n) is 11.0. The van der Waals surface area contributed by atoms with E-state index in [-0.39, 0.29) is 18.1 Å². The van der Waals surface area contributed by atoms with Crippen LogP contribution in [0.3, 0.4) is 0 Å². The van der Waals surface area contributed by atoms with Crippen molar-refractivity contribution in [3.8, 4) is 11.5 Å². The zero-order chi connectivity index (χ0) is 27.5. The number of amides is 1. The molecular formula is C33H39ClN2O3. The Morgan fingerprint density at radius 3 is 2.36 bits per heavy atom. The highest BCUT2D eigenvalue weighted by Gasteiger charge is 2.36. The molecule has 3 aromatic carbocycles. The first-order chi connectivity index (χ1) is 18.9. The molecule has 39 heavy (non-hydrogen) atoms. The molecule has 0 bridgehead atoms. The number of carbonyl (C=O) groups excluding carboxylic acids is 1. The average molecular weight is 547 g/mol. The molecule has 0 spiro atoms. The summed E-state index contributed by atoms with van der Waals surface area (Å²) in [6, 6.07) is 19.9. The van der Waals surface area contributed by atoms with Gasteiger partial charge in [-0.05, 0) is 97.3 Å². The fraction of sp³-hybridized carbons (Fsp3) is 0.424. The Hall–Kier alpha value is -3.18. The van der Waals surface area contributed by atoms with Gasteiger partial charge in [0, 0.05) is 30.0 Å². The van der Waals surface area contributed by atoms with E-state index < -0.39 is 0 Å². The third kappa shape index (κ3) is 5.89. The van der Waals surface area contributed by atoms with Crippen molar-refractivity contribution >= 4 is 28.9 Å². The van der Waals surface area contributed by atoms with Gasteiger partial charge in [-0.1, -0.05) is 43.5 Å². The topological polar surface area (TPSA) is 42.0 Å². The summed E-state index contributed by atoms with van der Waals surface area (Å²) in [5.41, 5.74) is 5.04. The Bertz CT molecular complexity index is 1290. The molecular weight excluding hydrogens is 508 g/mol. The van der Waals surface area contributed by atoms with Gasteiger partial charge in [0.2, 0.25) is 5.91 Å². The van der Waals surface area contributed by atoms with E-state index in [1.807, 2.05) is 35.2 Å². The van der Waals surface area contributed by atoms with Crippen LogP contribution in [-0.4, -0.2) is 32.7 Å². The molecule has 1 amide bonds. The van der Waals surface area contributed by atoms with E-state index in [1.54, 1.807) is 7.11 Å². The monoisotopic (exact) mass is 546 g/mol. The fourth-order valence-corrected chi connectivity index (χ4v) is 6.05. The van der Waals surface area contributed by atoms with Crippen LogP contribution in [0.25, 0.3) is 0 Å². The summed E-state index contributed by atoms with van der Waals surface area (Å²) < 4.78 is 11.9. The molecule has 0 aromatic heterocycles. The van der Waals surface area contributed by atoms with Crippen LogP contribution in [0, 0.1) is 5.92 Å². The molecule has 2 atom stereocenters. The average Bonchev–Trinajstić information content (AvgIpc) is 3.46. The molecule has 5 rings (SSSR count). The molecule has 2 aliphatic rings. The summed E-state index contributed by atoms with van der Waals surface area (Å²) in [5, 5.41) is 0.665. The summed E-state index contributed by atoms with van der Waals surface area (Å²) in [5.74, 6) is 2.17. The zero-order valence-corrected chi connectivity index (χ0v) is 24.2. The van der Waals surface area contributed by atoms with Crippen molar-refractivity contribution in [1.82, 2.24) is 0 Å². The lowest BCUT2D eigenvalue weighted by atomic mass is 9.86. The van der Waals surface area contributed by atoms with Crippen LogP contribution in [0.1, 0.15) is 68.7 Å². The molecule has 1 unspecified atom stereocenters. The van der Waals surface area contributed by atoms with E-state index in [2.05, 4.69) is 56.1 Å². The molecule has 0 radical (unpaired) electrons. The Balaban J connectivity index is 1.54. The lowest BCUT2D eigenvalue weighted by molar-refractivity contribution is -0.118. The number of nitrogens with zero attached hydrogens (tertiary/aromatic N) is 2. The van der Waals surface area contributed by atoms with Crippen LogP contribution in [0.4, 0.5) is 11.4 Å². The van der Waals surface area contributed by atoms with Gasteiger partial charge in [-0.25, -0.2) is 0 Å². The van der Waals surface area contributed by atoms with Crippen LogP contribution in [0.2, 0.25) is 5.02 Å². The molecule has 3 aromatic rings. The minimum Gasteiger partial charge on any atom is -0.493 e. The smallest absolute Gasteiger partial charge is 0.232 e. The van der Waals surface area contributed by atoms with Crippen molar-refractivity contribution in [2.75, 3.05) is 30.5 Å².